The lowest BCUT2D eigenvalue weighted by Crippen LogP contribution is -2.23. The maximum atomic E-state index is 12.1. The predicted molar refractivity (Wildman–Crippen MR) is 90.3 cm³/mol. The Morgan fingerprint density at radius 2 is 1.48 bits per heavy atom. The molecule has 3 unspecified atom stereocenters. The van der Waals surface area contributed by atoms with Crippen molar-refractivity contribution >= 4 is 19.8 Å². The van der Waals surface area contributed by atoms with Gasteiger partial charge in [0, 0.05) is 11.7 Å². The average molecular weight is 316 g/mol. The Bertz CT molecular complexity index is 501. The summed E-state index contributed by atoms with van der Waals surface area (Å²) in [5, 5.41) is 0. The number of rotatable bonds is 8. The maximum absolute atomic E-state index is 12.1. The summed E-state index contributed by atoms with van der Waals surface area (Å²) in [4.78, 5) is 23.4. The van der Waals surface area contributed by atoms with Crippen LogP contribution in [0.4, 0.5) is 0 Å². The number of esters is 2. The van der Waals surface area contributed by atoms with Crippen molar-refractivity contribution in [1.82, 2.24) is 0 Å². The summed E-state index contributed by atoms with van der Waals surface area (Å²) in [6.07, 6.45) is 0. The molecule has 1 aromatic carbocycles. The number of hydrogen-bond donors (Lipinski definition) is 0. The minimum atomic E-state index is -0.720. The molecule has 2 radical (unpaired) electrons. The molecule has 0 N–H and O–H groups in total. The topological polar surface area (TPSA) is 52.6 Å². The smallest absolute Gasteiger partial charge is 0.308 e. The van der Waals surface area contributed by atoms with E-state index in [0.29, 0.717) is 0 Å². The van der Waals surface area contributed by atoms with Gasteiger partial charge in [0.05, 0.1) is 27.0 Å². The third-order valence-corrected chi connectivity index (χ3v) is 3.63. The van der Waals surface area contributed by atoms with Gasteiger partial charge in [0.25, 0.3) is 0 Å². The van der Waals surface area contributed by atoms with Crippen molar-refractivity contribution in [3.63, 3.8) is 0 Å². The summed E-state index contributed by atoms with van der Waals surface area (Å²) in [5.74, 6) is -1.77. The zero-order chi connectivity index (χ0) is 17.4. The highest BCUT2D eigenvalue weighted by molar-refractivity contribution is 6.23. The molecule has 0 spiro atoms. The van der Waals surface area contributed by atoms with Crippen LogP contribution in [0.15, 0.2) is 30.3 Å². The van der Waals surface area contributed by atoms with E-state index in [9.17, 15) is 9.59 Å². The van der Waals surface area contributed by atoms with E-state index in [1.165, 1.54) is 0 Å². The van der Waals surface area contributed by atoms with Crippen molar-refractivity contribution in [2.24, 2.45) is 11.8 Å². The lowest BCUT2D eigenvalue weighted by molar-refractivity contribution is -0.151. The van der Waals surface area contributed by atoms with Crippen LogP contribution < -0.4 is 0 Å². The van der Waals surface area contributed by atoms with E-state index in [1.807, 2.05) is 44.2 Å². The molecule has 1 aromatic rings. The molecule has 0 heterocycles. The molecule has 0 aliphatic carbocycles. The molecule has 124 valence electrons. The van der Waals surface area contributed by atoms with Gasteiger partial charge in [-0.1, -0.05) is 58.0 Å². The van der Waals surface area contributed by atoms with Crippen LogP contribution in [-0.4, -0.2) is 33.0 Å². The van der Waals surface area contributed by atoms with Crippen LogP contribution in [-0.2, 0) is 19.1 Å². The highest BCUT2D eigenvalue weighted by Crippen LogP contribution is 2.27. The minimum Gasteiger partial charge on any atom is -0.466 e. The molecule has 1 rings (SSSR count). The summed E-state index contributed by atoms with van der Waals surface area (Å²) in [5.41, 5.74) is 0.996. The van der Waals surface area contributed by atoms with Gasteiger partial charge in [-0.2, -0.15) is 0 Å². The molecule has 0 bridgehead atoms. The minimum absolute atomic E-state index is 0.0686. The Labute approximate surface area is 140 Å². The van der Waals surface area contributed by atoms with Gasteiger partial charge < -0.3 is 9.47 Å². The van der Waals surface area contributed by atoms with Crippen molar-refractivity contribution in [2.75, 3.05) is 13.2 Å². The van der Waals surface area contributed by atoms with E-state index in [0.717, 1.165) is 5.56 Å². The molecule has 0 aliphatic heterocycles. The molecule has 3 atom stereocenters. The van der Waals surface area contributed by atoms with E-state index >= 15 is 0 Å². The Hall–Kier alpha value is -1.78. The van der Waals surface area contributed by atoms with Crippen molar-refractivity contribution in [1.29, 1.82) is 0 Å². The monoisotopic (exact) mass is 316 g/mol. The van der Waals surface area contributed by atoms with Gasteiger partial charge in [-0.3, -0.25) is 9.59 Å². The van der Waals surface area contributed by atoms with E-state index in [4.69, 9.17) is 17.3 Å². The Kier molecular flexibility index (Phi) is 7.86. The molecule has 0 aliphatic rings. The first-order chi connectivity index (χ1) is 10.8. The van der Waals surface area contributed by atoms with Crippen molar-refractivity contribution in [3.05, 3.63) is 35.9 Å². The molecule has 0 amide bonds. The first-order valence-electron chi connectivity index (χ1n) is 7.96. The van der Waals surface area contributed by atoms with Crippen LogP contribution in [0.25, 0.3) is 0 Å². The van der Waals surface area contributed by atoms with Crippen molar-refractivity contribution in [2.45, 2.75) is 39.4 Å². The summed E-state index contributed by atoms with van der Waals surface area (Å²) < 4.78 is 10.4. The molecule has 0 fully saturated rings. The van der Waals surface area contributed by atoms with Crippen LogP contribution in [0, 0.1) is 11.8 Å². The fraction of sp³-hybridized carbons (Fsp3) is 0.556. The van der Waals surface area contributed by atoms with Crippen molar-refractivity contribution < 1.29 is 19.1 Å². The molecule has 23 heavy (non-hydrogen) atoms. The molecule has 0 saturated carbocycles. The first-order valence-corrected chi connectivity index (χ1v) is 7.96. The molecule has 4 nitrogen and oxygen atoms in total. The molecule has 0 aromatic heterocycles. The Morgan fingerprint density at radius 1 is 0.957 bits per heavy atom. The largest absolute Gasteiger partial charge is 0.466 e. The quantitative estimate of drug-likeness (QED) is 0.546. The summed E-state index contributed by atoms with van der Waals surface area (Å²) in [7, 11) is 5.98. The molecular weight excluding hydrogens is 291 g/mol. The van der Waals surface area contributed by atoms with E-state index in [2.05, 4.69) is 0 Å². The third kappa shape index (κ3) is 6.47. The molecule has 0 saturated heterocycles. The number of hydrogen-bond acceptors (Lipinski definition) is 4. The van der Waals surface area contributed by atoms with Gasteiger partial charge in [-0.15, -0.1) is 0 Å². The zero-order valence-corrected chi connectivity index (χ0v) is 14.3. The van der Waals surface area contributed by atoms with Crippen LogP contribution >= 0.6 is 0 Å². The maximum Gasteiger partial charge on any atom is 0.308 e. The summed E-state index contributed by atoms with van der Waals surface area (Å²) in [6, 6.07) is 9.61. The van der Waals surface area contributed by atoms with E-state index in [-0.39, 0.29) is 36.9 Å². The Balaban J connectivity index is 2.39. The van der Waals surface area contributed by atoms with Crippen LogP contribution in [0.1, 0.15) is 39.2 Å². The number of carbonyl (C=O) groups is 2. The number of ether oxygens (including phenoxy) is 2. The van der Waals surface area contributed by atoms with Gasteiger partial charge in [-0.05, 0) is 11.5 Å². The van der Waals surface area contributed by atoms with Gasteiger partial charge in [0.1, 0.15) is 0 Å². The number of carbonyl (C=O) groups excluding carboxylic acids is 2. The van der Waals surface area contributed by atoms with Crippen LogP contribution in [0.3, 0.4) is 0 Å². The van der Waals surface area contributed by atoms with Crippen LogP contribution in [0.5, 0.6) is 0 Å². The SMILES string of the molecule is [B]C(C(=O)OCC(C)COC(=O)C(C)C)C(C)c1ccccc1. The third-order valence-electron chi connectivity index (χ3n) is 3.63. The van der Waals surface area contributed by atoms with E-state index < -0.39 is 11.8 Å². The van der Waals surface area contributed by atoms with Crippen LogP contribution in [0.2, 0.25) is 5.82 Å². The van der Waals surface area contributed by atoms with Gasteiger partial charge >= 0.3 is 11.9 Å². The standard InChI is InChI=1S/C18H25BO4/c1-12(2)17(20)22-10-13(3)11-23-18(21)16(19)14(4)15-8-6-5-7-9-15/h5-9,12-14,16H,10-11H2,1-4H3. The van der Waals surface area contributed by atoms with E-state index in [1.54, 1.807) is 13.8 Å². The summed E-state index contributed by atoms with van der Waals surface area (Å²) in [6.45, 7) is 7.71. The zero-order valence-electron chi connectivity index (χ0n) is 14.3. The van der Waals surface area contributed by atoms with Gasteiger partial charge in [-0.25, -0.2) is 0 Å². The highest BCUT2D eigenvalue weighted by atomic mass is 16.5. The number of benzene rings is 1. The summed E-state index contributed by atoms with van der Waals surface area (Å²) >= 11 is 0. The second kappa shape index (κ2) is 9.38. The fourth-order valence-corrected chi connectivity index (χ4v) is 1.93. The second-order valence-corrected chi connectivity index (χ2v) is 6.25. The molecule has 5 heteroatoms. The van der Waals surface area contributed by atoms with Crippen molar-refractivity contribution in [3.8, 4) is 0 Å². The van der Waals surface area contributed by atoms with Gasteiger partial charge in [0.2, 0.25) is 0 Å². The second-order valence-electron chi connectivity index (χ2n) is 6.25. The molecular formula is C18H25BO4. The normalized spacial score (nSPS) is 14.8. The Morgan fingerprint density at radius 3 is 2.00 bits per heavy atom. The first kappa shape index (κ1) is 19.3. The lowest BCUT2D eigenvalue weighted by Gasteiger charge is -2.21. The lowest BCUT2D eigenvalue weighted by atomic mass is 9.74. The average Bonchev–Trinajstić information content (AvgIpc) is 2.56. The highest BCUT2D eigenvalue weighted by Gasteiger charge is 2.23. The fourth-order valence-electron chi connectivity index (χ4n) is 1.93. The predicted octanol–water partition coefficient (Wildman–Crippen LogP) is 3.13. The van der Waals surface area contributed by atoms with Gasteiger partial charge in [0.15, 0.2) is 0 Å².